The summed E-state index contributed by atoms with van der Waals surface area (Å²) < 4.78 is 0. The first-order chi connectivity index (χ1) is 11.6. The van der Waals surface area contributed by atoms with Gasteiger partial charge in [0.1, 0.15) is 11.7 Å². The van der Waals surface area contributed by atoms with Gasteiger partial charge in [0.05, 0.1) is 6.21 Å². The Hall–Kier alpha value is -3.15. The second-order valence-electron chi connectivity index (χ2n) is 5.57. The number of carbonyl (C=O) groups excluding carboxylic acids is 2. The number of hydrogen-bond acceptors (Lipinski definition) is 4. The van der Waals surface area contributed by atoms with E-state index in [1.165, 1.54) is 12.3 Å². The van der Waals surface area contributed by atoms with Gasteiger partial charge in [0, 0.05) is 12.5 Å². The molecule has 1 saturated heterocycles. The summed E-state index contributed by atoms with van der Waals surface area (Å²) in [5.41, 5.74) is 3.99. The molecule has 0 saturated carbocycles. The topological polar surface area (TPSA) is 90.8 Å². The lowest BCUT2D eigenvalue weighted by Gasteiger charge is -2.15. The van der Waals surface area contributed by atoms with Crippen LogP contribution in [-0.2, 0) is 9.59 Å². The highest BCUT2D eigenvalue weighted by atomic mass is 16.3. The van der Waals surface area contributed by atoms with Crippen LogP contribution in [-0.4, -0.2) is 29.7 Å². The fourth-order valence-electron chi connectivity index (χ4n) is 2.78. The molecule has 122 valence electrons. The number of phenolic OH excluding ortho intramolecular Hbond substituents is 1. The minimum atomic E-state index is -0.811. The summed E-state index contributed by atoms with van der Waals surface area (Å²) in [5, 5.41) is 16.0. The fraction of sp³-hybridized carbons (Fsp3) is 0.167. The van der Waals surface area contributed by atoms with E-state index < -0.39 is 11.8 Å². The van der Waals surface area contributed by atoms with Crippen LogP contribution in [0.4, 0.5) is 0 Å². The van der Waals surface area contributed by atoms with E-state index in [4.69, 9.17) is 0 Å². The van der Waals surface area contributed by atoms with Crippen LogP contribution in [0.1, 0.15) is 17.0 Å². The maximum Gasteiger partial charge on any atom is 0.253 e. The molecule has 3 rings (SSSR count). The highest BCUT2D eigenvalue weighted by Gasteiger charge is 2.40. The third-order valence-electron chi connectivity index (χ3n) is 3.95. The fourth-order valence-corrected chi connectivity index (χ4v) is 2.78. The maximum absolute atomic E-state index is 12.4. The average Bonchev–Trinajstić information content (AvgIpc) is 2.97. The van der Waals surface area contributed by atoms with Crippen molar-refractivity contribution in [2.45, 2.75) is 5.92 Å². The molecular weight excluding hydrogens is 306 g/mol. The van der Waals surface area contributed by atoms with Crippen LogP contribution in [0.2, 0.25) is 0 Å². The number of hydrogen-bond donors (Lipinski definition) is 3. The molecule has 6 heteroatoms. The maximum atomic E-state index is 12.4. The van der Waals surface area contributed by atoms with Crippen LogP contribution in [0.3, 0.4) is 0 Å². The van der Waals surface area contributed by atoms with Crippen LogP contribution < -0.4 is 10.7 Å². The van der Waals surface area contributed by atoms with Gasteiger partial charge in [-0.2, -0.15) is 5.10 Å². The van der Waals surface area contributed by atoms with Crippen molar-refractivity contribution in [3.05, 3.63) is 65.7 Å². The molecule has 0 aromatic heterocycles. The SMILES string of the molecule is O=C1NC[C@@H](c2ccccc2)[C@H]1C(=O)N/N=C/c1cccc(O)c1. The normalized spacial score (nSPS) is 20.1. The average molecular weight is 323 g/mol. The van der Waals surface area contributed by atoms with Gasteiger partial charge in [-0.05, 0) is 23.3 Å². The van der Waals surface area contributed by atoms with Crippen molar-refractivity contribution in [3.63, 3.8) is 0 Å². The number of nitrogens with zero attached hydrogens (tertiary/aromatic N) is 1. The molecule has 2 atom stereocenters. The summed E-state index contributed by atoms with van der Waals surface area (Å²) in [5.74, 6) is -1.66. The van der Waals surface area contributed by atoms with Crippen molar-refractivity contribution in [3.8, 4) is 5.75 Å². The van der Waals surface area contributed by atoms with Crippen molar-refractivity contribution in [2.24, 2.45) is 11.0 Å². The van der Waals surface area contributed by atoms with Gasteiger partial charge in [-0.15, -0.1) is 0 Å². The zero-order valence-electron chi connectivity index (χ0n) is 12.8. The molecule has 1 aliphatic heterocycles. The smallest absolute Gasteiger partial charge is 0.253 e. The molecule has 0 aliphatic carbocycles. The summed E-state index contributed by atoms with van der Waals surface area (Å²) in [4.78, 5) is 24.4. The number of phenols is 1. The lowest BCUT2D eigenvalue weighted by atomic mass is 9.88. The molecule has 0 bridgehead atoms. The van der Waals surface area contributed by atoms with Crippen LogP contribution in [0.25, 0.3) is 0 Å². The van der Waals surface area contributed by atoms with E-state index in [9.17, 15) is 14.7 Å². The number of rotatable bonds is 4. The quantitative estimate of drug-likeness (QED) is 0.451. The van der Waals surface area contributed by atoms with E-state index in [-0.39, 0.29) is 17.6 Å². The second kappa shape index (κ2) is 6.95. The first-order valence-corrected chi connectivity index (χ1v) is 7.60. The molecular formula is C18H17N3O3. The van der Waals surface area contributed by atoms with Gasteiger partial charge in [-0.1, -0.05) is 42.5 Å². The van der Waals surface area contributed by atoms with Gasteiger partial charge in [0.25, 0.3) is 5.91 Å². The zero-order chi connectivity index (χ0) is 16.9. The summed E-state index contributed by atoms with van der Waals surface area (Å²) in [6.07, 6.45) is 1.42. The predicted molar refractivity (Wildman–Crippen MR) is 89.5 cm³/mol. The largest absolute Gasteiger partial charge is 0.508 e. The molecule has 6 nitrogen and oxygen atoms in total. The minimum Gasteiger partial charge on any atom is -0.508 e. The van der Waals surface area contributed by atoms with Crippen molar-refractivity contribution in [2.75, 3.05) is 6.54 Å². The second-order valence-corrected chi connectivity index (χ2v) is 5.57. The molecule has 1 heterocycles. The van der Waals surface area contributed by atoms with E-state index in [2.05, 4.69) is 15.8 Å². The molecule has 1 fully saturated rings. The molecule has 2 aromatic rings. The van der Waals surface area contributed by atoms with Gasteiger partial charge < -0.3 is 10.4 Å². The van der Waals surface area contributed by atoms with E-state index in [0.29, 0.717) is 12.1 Å². The van der Waals surface area contributed by atoms with Crippen LogP contribution in [0, 0.1) is 5.92 Å². The Balaban J connectivity index is 1.70. The van der Waals surface area contributed by atoms with E-state index in [0.717, 1.165) is 5.56 Å². The van der Waals surface area contributed by atoms with Crippen molar-refractivity contribution < 1.29 is 14.7 Å². The Morgan fingerprint density at radius 2 is 2.00 bits per heavy atom. The Morgan fingerprint density at radius 3 is 2.75 bits per heavy atom. The van der Waals surface area contributed by atoms with Gasteiger partial charge in [-0.3, -0.25) is 9.59 Å². The highest BCUT2D eigenvalue weighted by molar-refractivity contribution is 6.03. The summed E-state index contributed by atoms with van der Waals surface area (Å²) in [7, 11) is 0. The molecule has 3 N–H and O–H groups in total. The predicted octanol–water partition coefficient (Wildman–Crippen LogP) is 1.37. The van der Waals surface area contributed by atoms with E-state index in [1.807, 2.05) is 30.3 Å². The molecule has 0 unspecified atom stereocenters. The standard InChI is InChI=1S/C18H17N3O3/c22-14-8-4-5-12(9-14)10-20-21-18(24)16-15(11-19-17(16)23)13-6-2-1-3-7-13/h1-10,15-16,22H,11H2,(H,19,23)(H,21,24)/b20-10+/t15-,16+/m0/s1. The molecule has 0 radical (unpaired) electrons. The Morgan fingerprint density at radius 1 is 1.21 bits per heavy atom. The third kappa shape index (κ3) is 3.43. The minimum absolute atomic E-state index is 0.115. The molecule has 0 spiro atoms. The van der Waals surface area contributed by atoms with E-state index in [1.54, 1.807) is 18.2 Å². The Bertz CT molecular complexity index is 774. The monoisotopic (exact) mass is 323 g/mol. The van der Waals surface area contributed by atoms with Crippen molar-refractivity contribution in [1.82, 2.24) is 10.7 Å². The van der Waals surface area contributed by atoms with Crippen molar-refractivity contribution >= 4 is 18.0 Å². The van der Waals surface area contributed by atoms with Crippen molar-refractivity contribution in [1.29, 1.82) is 0 Å². The first kappa shape index (κ1) is 15.7. The lowest BCUT2D eigenvalue weighted by molar-refractivity contribution is -0.133. The van der Waals surface area contributed by atoms with Crippen LogP contribution in [0.15, 0.2) is 59.7 Å². The summed E-state index contributed by atoms with van der Waals surface area (Å²) >= 11 is 0. The molecule has 24 heavy (non-hydrogen) atoms. The first-order valence-electron chi connectivity index (χ1n) is 7.60. The van der Waals surface area contributed by atoms with Crippen LogP contribution >= 0.6 is 0 Å². The van der Waals surface area contributed by atoms with Gasteiger partial charge in [0.15, 0.2) is 0 Å². The number of amides is 2. The number of carbonyl (C=O) groups is 2. The van der Waals surface area contributed by atoms with Gasteiger partial charge in [-0.25, -0.2) is 5.43 Å². The number of hydrazone groups is 1. The van der Waals surface area contributed by atoms with Crippen LogP contribution in [0.5, 0.6) is 5.75 Å². The molecule has 2 aromatic carbocycles. The Kier molecular flexibility index (Phi) is 4.56. The van der Waals surface area contributed by atoms with E-state index >= 15 is 0 Å². The number of aromatic hydroxyl groups is 1. The van der Waals surface area contributed by atoms with Gasteiger partial charge >= 0.3 is 0 Å². The molecule has 2 amide bonds. The third-order valence-corrected chi connectivity index (χ3v) is 3.95. The highest BCUT2D eigenvalue weighted by Crippen LogP contribution is 2.28. The lowest BCUT2D eigenvalue weighted by Crippen LogP contribution is -2.34. The summed E-state index contributed by atoms with van der Waals surface area (Å²) in [6.45, 7) is 0.428. The van der Waals surface area contributed by atoms with Gasteiger partial charge in [0.2, 0.25) is 5.91 Å². The Labute approximate surface area is 139 Å². The molecule has 1 aliphatic rings. The summed E-state index contributed by atoms with van der Waals surface area (Å²) in [6, 6.07) is 15.9. The number of nitrogens with one attached hydrogen (secondary N) is 2. The zero-order valence-corrected chi connectivity index (χ0v) is 12.8. The number of benzene rings is 2.